The molecule has 1 N–H and O–H groups in total. The van der Waals surface area contributed by atoms with Gasteiger partial charge in [-0.3, -0.25) is 0 Å². The van der Waals surface area contributed by atoms with E-state index in [-0.39, 0.29) is 12.0 Å². The molecule has 3 rings (SSSR count). The fourth-order valence-corrected chi connectivity index (χ4v) is 3.17. The summed E-state index contributed by atoms with van der Waals surface area (Å²) in [6.07, 6.45) is 12.1. The molecule has 0 fully saturated rings. The zero-order chi connectivity index (χ0) is 15.7. The summed E-state index contributed by atoms with van der Waals surface area (Å²) < 4.78 is 6.04. The van der Waals surface area contributed by atoms with Gasteiger partial charge in [-0.15, -0.1) is 0 Å². The van der Waals surface area contributed by atoms with Gasteiger partial charge in [0.1, 0.15) is 11.9 Å². The van der Waals surface area contributed by atoms with E-state index >= 15 is 0 Å². The molecular formula is C20H21NO. The summed E-state index contributed by atoms with van der Waals surface area (Å²) in [5, 5.41) is 1.18. The second-order valence-corrected chi connectivity index (χ2v) is 5.46. The lowest BCUT2D eigenvalue weighted by molar-refractivity contribution is 0.271. The average Bonchev–Trinajstić information content (AvgIpc) is 3.03. The topological polar surface area (TPSA) is 25.0 Å². The van der Waals surface area contributed by atoms with E-state index < -0.39 is 0 Å². The van der Waals surface area contributed by atoms with Crippen LogP contribution in [0.5, 0.6) is 5.75 Å². The maximum absolute atomic E-state index is 6.04. The van der Waals surface area contributed by atoms with Gasteiger partial charge in [-0.2, -0.15) is 0 Å². The van der Waals surface area contributed by atoms with Crippen LogP contribution in [0.2, 0.25) is 0 Å². The Morgan fingerprint density at radius 1 is 1.18 bits per heavy atom. The highest BCUT2D eigenvalue weighted by Gasteiger charge is 2.31. The molecule has 0 saturated heterocycles. The molecule has 2 atom stereocenters. The van der Waals surface area contributed by atoms with Crippen molar-refractivity contribution < 1.29 is 4.74 Å². The number of aromatic amines is 1. The van der Waals surface area contributed by atoms with Crippen LogP contribution in [0.3, 0.4) is 0 Å². The molecule has 1 aromatic heterocycles. The van der Waals surface area contributed by atoms with Crippen LogP contribution >= 0.6 is 0 Å². The van der Waals surface area contributed by atoms with Crippen LogP contribution in [-0.2, 0) is 0 Å². The van der Waals surface area contributed by atoms with Crippen LogP contribution < -0.4 is 4.74 Å². The highest BCUT2D eigenvalue weighted by atomic mass is 16.5. The molecule has 0 spiro atoms. The Hall–Kier alpha value is -2.48. The number of allylic oxidation sites excluding steroid dienone is 2. The first-order chi connectivity index (χ1) is 10.7. The average molecular weight is 291 g/mol. The molecule has 0 radical (unpaired) electrons. The molecule has 112 valence electrons. The molecule has 2 unspecified atom stereocenters. The third kappa shape index (κ3) is 2.12. The molecule has 2 heteroatoms. The number of H-pyrrole nitrogens is 1. The maximum Gasteiger partial charge on any atom is 0.127 e. The summed E-state index contributed by atoms with van der Waals surface area (Å²) >= 11 is 0. The first kappa shape index (κ1) is 14.5. The van der Waals surface area contributed by atoms with E-state index in [4.69, 9.17) is 4.74 Å². The van der Waals surface area contributed by atoms with Crippen LogP contribution in [0, 0.1) is 0 Å². The normalized spacial score (nSPS) is 20.6. The van der Waals surface area contributed by atoms with E-state index in [0.717, 1.165) is 22.5 Å². The van der Waals surface area contributed by atoms with E-state index in [9.17, 15) is 0 Å². The first-order valence-corrected chi connectivity index (χ1v) is 7.60. The summed E-state index contributed by atoms with van der Waals surface area (Å²) in [6.45, 7) is 11.9. The van der Waals surface area contributed by atoms with Crippen LogP contribution in [0.1, 0.15) is 36.6 Å². The molecule has 0 aliphatic carbocycles. The smallest absolute Gasteiger partial charge is 0.127 e. The number of hydrogen-bond donors (Lipinski definition) is 1. The number of nitrogens with one attached hydrogen (secondary N) is 1. The van der Waals surface area contributed by atoms with Gasteiger partial charge >= 0.3 is 0 Å². The number of rotatable bonds is 4. The monoisotopic (exact) mass is 291 g/mol. The van der Waals surface area contributed by atoms with Crippen LogP contribution in [0.4, 0.5) is 0 Å². The van der Waals surface area contributed by atoms with Crippen molar-refractivity contribution in [1.29, 1.82) is 0 Å². The minimum Gasteiger partial charge on any atom is -0.485 e. The minimum atomic E-state index is -0.0000969. The number of fused-ring (bicyclic) bond motifs is 2. The van der Waals surface area contributed by atoms with E-state index in [0.29, 0.717) is 0 Å². The lowest BCUT2D eigenvalue weighted by Crippen LogP contribution is -2.13. The Morgan fingerprint density at radius 2 is 2.00 bits per heavy atom. The Labute approximate surface area is 131 Å². The van der Waals surface area contributed by atoms with Gasteiger partial charge in [-0.25, -0.2) is 0 Å². The first-order valence-electron chi connectivity index (χ1n) is 7.60. The standard InChI is InChI=1S/C20H21NO/c1-5-9-14-16-11-15-13(7-3)17(10-6-2)21-18(15)12-20(16)22-19(14)8-4/h5-12,14,19,21H,3-4H2,1-2H3/b9-5-,10-6-. The van der Waals surface area contributed by atoms with Crippen molar-refractivity contribution in [3.63, 3.8) is 0 Å². The predicted molar refractivity (Wildman–Crippen MR) is 95.3 cm³/mol. The lowest BCUT2D eigenvalue weighted by Gasteiger charge is -2.10. The summed E-state index contributed by atoms with van der Waals surface area (Å²) in [5.41, 5.74) is 4.51. The zero-order valence-electron chi connectivity index (χ0n) is 13.1. The van der Waals surface area contributed by atoms with Gasteiger partial charge in [0.2, 0.25) is 0 Å². The zero-order valence-corrected chi connectivity index (χ0v) is 13.1. The molecule has 1 aliphatic heterocycles. The van der Waals surface area contributed by atoms with Crippen molar-refractivity contribution in [3.05, 3.63) is 66.4 Å². The Kier molecular flexibility index (Phi) is 3.76. The van der Waals surface area contributed by atoms with Gasteiger partial charge in [-0.05, 0) is 26.0 Å². The van der Waals surface area contributed by atoms with Crippen LogP contribution in [0.15, 0.2) is 49.6 Å². The van der Waals surface area contributed by atoms with E-state index in [1.807, 2.05) is 32.1 Å². The van der Waals surface area contributed by atoms with Gasteiger partial charge in [-0.1, -0.05) is 43.5 Å². The number of ether oxygens (including phenoxy) is 1. The molecule has 1 aliphatic rings. The molecule has 0 amide bonds. The minimum absolute atomic E-state index is 0.0000969. The third-order valence-electron chi connectivity index (χ3n) is 4.15. The number of aromatic nitrogens is 1. The van der Waals surface area contributed by atoms with Gasteiger partial charge < -0.3 is 9.72 Å². The summed E-state index contributed by atoms with van der Waals surface area (Å²) in [7, 11) is 0. The fourth-order valence-electron chi connectivity index (χ4n) is 3.17. The fraction of sp³-hybridized carbons (Fsp3) is 0.200. The quantitative estimate of drug-likeness (QED) is 0.744. The van der Waals surface area contributed by atoms with Crippen LogP contribution in [-0.4, -0.2) is 11.1 Å². The number of hydrogen-bond acceptors (Lipinski definition) is 1. The molecule has 22 heavy (non-hydrogen) atoms. The van der Waals surface area contributed by atoms with Crippen molar-refractivity contribution in [1.82, 2.24) is 4.98 Å². The van der Waals surface area contributed by atoms with Gasteiger partial charge in [0.25, 0.3) is 0 Å². The van der Waals surface area contributed by atoms with E-state index in [1.54, 1.807) is 0 Å². The molecule has 2 nitrogen and oxygen atoms in total. The Morgan fingerprint density at radius 3 is 2.64 bits per heavy atom. The second kappa shape index (κ2) is 5.72. The molecular weight excluding hydrogens is 270 g/mol. The van der Waals surface area contributed by atoms with Gasteiger partial charge in [0.05, 0.1) is 5.52 Å². The van der Waals surface area contributed by atoms with E-state index in [1.165, 1.54) is 10.9 Å². The highest BCUT2D eigenvalue weighted by Crippen LogP contribution is 2.43. The van der Waals surface area contributed by atoms with Crippen molar-refractivity contribution in [3.8, 4) is 5.75 Å². The Balaban J connectivity index is 2.23. The molecule has 0 saturated carbocycles. The van der Waals surface area contributed by atoms with Gasteiger partial charge in [0, 0.05) is 34.2 Å². The van der Waals surface area contributed by atoms with E-state index in [2.05, 4.69) is 48.5 Å². The summed E-state index contributed by atoms with van der Waals surface area (Å²) in [4.78, 5) is 3.44. The lowest BCUT2D eigenvalue weighted by atomic mass is 9.93. The van der Waals surface area contributed by atoms with Crippen molar-refractivity contribution in [2.45, 2.75) is 25.9 Å². The number of benzene rings is 1. The molecule has 0 bridgehead atoms. The second-order valence-electron chi connectivity index (χ2n) is 5.46. The summed E-state index contributed by atoms with van der Waals surface area (Å²) in [5.74, 6) is 1.16. The van der Waals surface area contributed by atoms with Crippen molar-refractivity contribution >= 4 is 23.1 Å². The largest absolute Gasteiger partial charge is 0.485 e. The van der Waals surface area contributed by atoms with Crippen molar-refractivity contribution in [2.24, 2.45) is 0 Å². The SMILES string of the molecule is C=Cc1c(/C=C\C)[nH]c2cc3c(cc12)C(/C=C\C)C(C=C)O3. The third-order valence-corrected chi connectivity index (χ3v) is 4.15. The Bertz CT molecular complexity index is 792. The molecule has 2 heterocycles. The molecule has 2 aromatic rings. The summed E-state index contributed by atoms with van der Waals surface area (Å²) in [6, 6.07) is 4.31. The predicted octanol–water partition coefficient (Wildman–Crippen LogP) is 5.45. The highest BCUT2D eigenvalue weighted by molar-refractivity contribution is 5.94. The maximum atomic E-state index is 6.04. The molecule has 1 aromatic carbocycles. The van der Waals surface area contributed by atoms with Crippen LogP contribution in [0.25, 0.3) is 23.1 Å². The van der Waals surface area contributed by atoms with Gasteiger partial charge in [0.15, 0.2) is 0 Å². The van der Waals surface area contributed by atoms with Crippen molar-refractivity contribution in [2.75, 3.05) is 0 Å².